The van der Waals surface area contributed by atoms with Gasteiger partial charge in [0.15, 0.2) is 0 Å². The Bertz CT molecular complexity index is 625. The number of hydrogen-bond acceptors (Lipinski definition) is 6. The summed E-state index contributed by atoms with van der Waals surface area (Å²) in [6.45, 7) is 16.7. The highest BCUT2D eigenvalue weighted by Crippen LogP contribution is 2.23. The van der Waals surface area contributed by atoms with Gasteiger partial charge in [-0.1, -0.05) is 48.1 Å². The number of hydrogen-bond donors (Lipinski definition) is 0. The lowest BCUT2D eigenvalue weighted by atomic mass is 10.0. The minimum Gasteiger partial charge on any atom is -0.462 e. The number of carbonyl (C=O) groups excluding carboxylic acids is 3. The van der Waals surface area contributed by atoms with Crippen molar-refractivity contribution in [2.75, 3.05) is 6.61 Å². The van der Waals surface area contributed by atoms with E-state index >= 15 is 0 Å². The molecule has 6 nitrogen and oxygen atoms in total. The highest BCUT2D eigenvalue weighted by atomic mass is 16.6. The van der Waals surface area contributed by atoms with E-state index in [9.17, 15) is 14.4 Å². The van der Waals surface area contributed by atoms with Crippen molar-refractivity contribution in [2.45, 2.75) is 61.3 Å². The molecule has 0 aliphatic heterocycles. The summed E-state index contributed by atoms with van der Waals surface area (Å²) in [5.41, 5.74) is 0.224. The van der Waals surface area contributed by atoms with Crippen molar-refractivity contribution in [1.82, 2.24) is 0 Å². The van der Waals surface area contributed by atoms with Crippen molar-refractivity contribution in [3.8, 4) is 0 Å². The molecule has 0 radical (unpaired) electrons. The minimum atomic E-state index is -0.831. The second-order valence-corrected chi connectivity index (χ2v) is 7.50. The maximum atomic E-state index is 12.6. The average Bonchev–Trinajstić information content (AvgIpc) is 2.65. The van der Waals surface area contributed by atoms with Crippen molar-refractivity contribution < 1.29 is 28.6 Å². The van der Waals surface area contributed by atoms with E-state index in [-0.39, 0.29) is 41.5 Å². The largest absolute Gasteiger partial charge is 0.462 e. The Labute approximate surface area is 168 Å². The van der Waals surface area contributed by atoms with Crippen LogP contribution in [0.5, 0.6) is 0 Å². The van der Waals surface area contributed by atoms with Gasteiger partial charge < -0.3 is 14.2 Å². The van der Waals surface area contributed by atoms with E-state index in [2.05, 4.69) is 6.58 Å². The Kier molecular flexibility index (Phi) is 11.8. The lowest BCUT2D eigenvalue weighted by Gasteiger charge is -2.18. The van der Waals surface area contributed by atoms with Crippen molar-refractivity contribution in [3.63, 3.8) is 0 Å². The van der Waals surface area contributed by atoms with Crippen LogP contribution in [-0.2, 0) is 28.6 Å². The van der Waals surface area contributed by atoms with Crippen LogP contribution in [0.15, 0.2) is 35.8 Å². The van der Waals surface area contributed by atoms with E-state index in [0.717, 1.165) is 6.08 Å². The van der Waals surface area contributed by atoms with Gasteiger partial charge >= 0.3 is 17.9 Å². The first kappa shape index (κ1) is 25.6. The van der Waals surface area contributed by atoms with E-state index in [4.69, 9.17) is 14.2 Å². The summed E-state index contributed by atoms with van der Waals surface area (Å²) >= 11 is 0. The van der Waals surface area contributed by atoms with E-state index in [0.29, 0.717) is 12.8 Å². The molecule has 1 unspecified atom stereocenters. The smallest absolute Gasteiger partial charge is 0.379 e. The van der Waals surface area contributed by atoms with Crippen molar-refractivity contribution >= 4 is 17.9 Å². The number of allylic oxidation sites excluding steroid dienone is 2. The normalized spacial score (nSPS) is 13.7. The second-order valence-electron chi connectivity index (χ2n) is 7.50. The molecule has 0 heterocycles. The quantitative estimate of drug-likeness (QED) is 0.219. The first-order chi connectivity index (χ1) is 13.0. The van der Waals surface area contributed by atoms with Crippen molar-refractivity contribution in [3.05, 3.63) is 35.8 Å². The van der Waals surface area contributed by atoms with Gasteiger partial charge in [0.05, 0.1) is 12.2 Å². The predicted octanol–water partition coefficient (Wildman–Crippen LogP) is 4.71. The molecule has 0 saturated heterocycles. The molecule has 0 bridgehead atoms. The van der Waals surface area contributed by atoms with E-state index in [1.165, 1.54) is 6.08 Å². The summed E-state index contributed by atoms with van der Waals surface area (Å²) in [4.78, 5) is 36.5. The van der Waals surface area contributed by atoms with Gasteiger partial charge in [-0.25, -0.2) is 14.4 Å². The molecule has 0 fully saturated rings. The summed E-state index contributed by atoms with van der Waals surface area (Å²) in [5.74, 6) is -1.88. The van der Waals surface area contributed by atoms with Crippen LogP contribution in [0.1, 0.15) is 61.3 Å². The van der Waals surface area contributed by atoms with E-state index < -0.39 is 17.9 Å². The van der Waals surface area contributed by atoms with Crippen LogP contribution in [0.4, 0.5) is 0 Å². The molecule has 0 aromatic carbocycles. The summed E-state index contributed by atoms with van der Waals surface area (Å²) in [6, 6.07) is 0. The van der Waals surface area contributed by atoms with Crippen molar-refractivity contribution in [1.29, 1.82) is 0 Å². The van der Waals surface area contributed by atoms with Gasteiger partial charge in [-0.2, -0.15) is 0 Å². The van der Waals surface area contributed by atoms with Crippen molar-refractivity contribution in [2.24, 2.45) is 17.8 Å². The molecular weight excluding hydrogens is 360 g/mol. The van der Waals surface area contributed by atoms with Crippen LogP contribution >= 0.6 is 0 Å². The predicted molar refractivity (Wildman–Crippen MR) is 108 cm³/mol. The number of rotatable bonds is 11. The van der Waals surface area contributed by atoms with Crippen LogP contribution in [0.3, 0.4) is 0 Å². The lowest BCUT2D eigenvalue weighted by Crippen LogP contribution is -2.20. The molecule has 1 atom stereocenters. The summed E-state index contributed by atoms with van der Waals surface area (Å²) in [5, 5.41) is 0. The zero-order chi connectivity index (χ0) is 21.9. The molecule has 6 heteroatoms. The molecule has 0 aromatic heterocycles. The molecule has 0 amide bonds. The molecular formula is C22H34O6. The fourth-order valence-electron chi connectivity index (χ4n) is 1.99. The molecule has 0 spiro atoms. The molecule has 28 heavy (non-hydrogen) atoms. The molecule has 0 saturated carbocycles. The fraction of sp³-hybridized carbons (Fsp3) is 0.591. The van der Waals surface area contributed by atoms with E-state index in [1.807, 2.05) is 41.5 Å². The standard InChI is InChI=1S/C22H34O6/c1-9-16(7)20(17(8)21(24)26-13-15(5)6)28-22(25)18(12-11-14(3)4)27-19(23)10-2/h10,12,14-16H,2,9,11,13H2,1,3-8H3. The molecule has 0 aliphatic carbocycles. The number of carbonyl (C=O) groups is 3. The molecule has 0 aromatic rings. The summed E-state index contributed by atoms with van der Waals surface area (Å²) in [6.07, 6.45) is 3.65. The van der Waals surface area contributed by atoms with Gasteiger partial charge in [0.1, 0.15) is 5.76 Å². The first-order valence-electron chi connectivity index (χ1n) is 9.67. The van der Waals surface area contributed by atoms with Crippen LogP contribution in [0.25, 0.3) is 0 Å². The Morgan fingerprint density at radius 3 is 2.04 bits per heavy atom. The summed E-state index contributed by atoms with van der Waals surface area (Å²) < 4.78 is 15.8. The van der Waals surface area contributed by atoms with Gasteiger partial charge in [-0.15, -0.1) is 0 Å². The Morgan fingerprint density at radius 2 is 1.57 bits per heavy atom. The second kappa shape index (κ2) is 12.9. The monoisotopic (exact) mass is 394 g/mol. The van der Waals surface area contributed by atoms with Gasteiger partial charge in [-0.05, 0) is 37.7 Å². The Morgan fingerprint density at radius 1 is 0.964 bits per heavy atom. The SMILES string of the molecule is C=CC(=O)OC(=CCC(C)C)C(=O)OC(=C(C)C(=O)OCC(C)C)C(C)CC. The highest BCUT2D eigenvalue weighted by Gasteiger charge is 2.24. The van der Waals surface area contributed by atoms with Gasteiger partial charge in [0, 0.05) is 12.0 Å². The Hall–Kier alpha value is -2.37. The first-order valence-corrected chi connectivity index (χ1v) is 9.67. The maximum Gasteiger partial charge on any atom is 0.379 e. The van der Waals surface area contributed by atoms with Crippen LogP contribution in [0, 0.1) is 17.8 Å². The number of ether oxygens (including phenoxy) is 3. The fourth-order valence-corrected chi connectivity index (χ4v) is 1.99. The maximum absolute atomic E-state index is 12.6. The third-order valence-electron chi connectivity index (χ3n) is 3.84. The van der Waals surface area contributed by atoms with Gasteiger partial charge in [0.25, 0.3) is 0 Å². The third-order valence-corrected chi connectivity index (χ3v) is 3.84. The zero-order valence-corrected chi connectivity index (χ0v) is 18.2. The highest BCUT2D eigenvalue weighted by molar-refractivity contribution is 5.94. The zero-order valence-electron chi connectivity index (χ0n) is 18.2. The van der Waals surface area contributed by atoms with Gasteiger partial charge in [-0.3, -0.25) is 0 Å². The Balaban J connectivity index is 5.68. The molecule has 0 N–H and O–H groups in total. The van der Waals surface area contributed by atoms with Gasteiger partial charge in [0.2, 0.25) is 5.76 Å². The van der Waals surface area contributed by atoms with Crippen LogP contribution < -0.4 is 0 Å². The lowest BCUT2D eigenvalue weighted by molar-refractivity contribution is -0.147. The average molecular weight is 395 g/mol. The third kappa shape index (κ3) is 9.53. The van der Waals surface area contributed by atoms with E-state index in [1.54, 1.807) is 6.92 Å². The molecule has 158 valence electrons. The molecule has 0 rings (SSSR count). The topological polar surface area (TPSA) is 78.9 Å². The van der Waals surface area contributed by atoms with Crippen LogP contribution in [0.2, 0.25) is 0 Å². The minimum absolute atomic E-state index is 0.190. The van der Waals surface area contributed by atoms with Crippen LogP contribution in [-0.4, -0.2) is 24.5 Å². The summed E-state index contributed by atoms with van der Waals surface area (Å²) in [7, 11) is 0. The number of esters is 3. The molecule has 0 aliphatic rings.